The van der Waals surface area contributed by atoms with Crippen LogP contribution in [0.3, 0.4) is 0 Å². The van der Waals surface area contributed by atoms with Gasteiger partial charge in [-0.2, -0.15) is 0 Å². The van der Waals surface area contributed by atoms with E-state index in [0.29, 0.717) is 35.4 Å². The number of dihydropyridines is 1. The van der Waals surface area contributed by atoms with Crippen LogP contribution >= 0.6 is 0 Å². The van der Waals surface area contributed by atoms with Crippen LogP contribution in [-0.2, 0) is 23.9 Å². The van der Waals surface area contributed by atoms with Gasteiger partial charge in [0.05, 0.1) is 25.9 Å². The van der Waals surface area contributed by atoms with Crippen LogP contribution in [0.25, 0.3) is 0 Å². The van der Waals surface area contributed by atoms with Gasteiger partial charge in [-0.3, -0.25) is 9.59 Å². The molecule has 0 fully saturated rings. The summed E-state index contributed by atoms with van der Waals surface area (Å²) >= 11 is 0. The van der Waals surface area contributed by atoms with Gasteiger partial charge in [0, 0.05) is 22.9 Å². The lowest BCUT2D eigenvalue weighted by molar-refractivity contribution is -0.151. The molecule has 2 N–H and O–H groups in total. The molecule has 33 heavy (non-hydrogen) atoms. The maximum atomic E-state index is 13.7. The van der Waals surface area contributed by atoms with Gasteiger partial charge < -0.3 is 24.6 Å². The van der Waals surface area contributed by atoms with Gasteiger partial charge >= 0.3 is 11.9 Å². The molecule has 0 unspecified atom stereocenters. The molecule has 8 heteroatoms. The fourth-order valence-corrected chi connectivity index (χ4v) is 4.49. The van der Waals surface area contributed by atoms with Crippen molar-refractivity contribution in [2.75, 3.05) is 14.2 Å². The maximum Gasteiger partial charge on any atom is 0.337 e. The molecule has 0 radical (unpaired) electrons. The highest BCUT2D eigenvalue weighted by molar-refractivity contribution is 6.12. The average Bonchev–Trinajstić information content (AvgIpc) is 2.77. The number of hydrogen-bond donors (Lipinski definition) is 2. The van der Waals surface area contributed by atoms with Crippen LogP contribution in [0.2, 0.25) is 0 Å². The Hall–Kier alpha value is -3.29. The van der Waals surface area contributed by atoms with Crippen molar-refractivity contribution in [2.24, 2.45) is 11.8 Å². The number of ether oxygens (including phenoxy) is 3. The van der Waals surface area contributed by atoms with Crippen LogP contribution < -0.4 is 10.1 Å². The number of nitrogens with one attached hydrogen (secondary N) is 1. The van der Waals surface area contributed by atoms with Gasteiger partial charge in [-0.05, 0) is 50.3 Å². The molecule has 0 saturated heterocycles. The van der Waals surface area contributed by atoms with E-state index in [-0.39, 0.29) is 34.9 Å². The summed E-state index contributed by atoms with van der Waals surface area (Å²) in [5, 5.41) is 13.3. The third kappa shape index (κ3) is 4.47. The van der Waals surface area contributed by atoms with Gasteiger partial charge in [0.2, 0.25) is 0 Å². The Labute approximate surface area is 193 Å². The zero-order valence-corrected chi connectivity index (χ0v) is 19.9. The average molecular weight is 458 g/mol. The van der Waals surface area contributed by atoms with Crippen molar-refractivity contribution < 1.29 is 33.7 Å². The van der Waals surface area contributed by atoms with Gasteiger partial charge in [-0.25, -0.2) is 4.79 Å². The number of methoxy groups -OCH3 is 2. The van der Waals surface area contributed by atoms with Crippen molar-refractivity contribution in [1.29, 1.82) is 0 Å². The number of hydrogen-bond acceptors (Lipinski definition) is 8. The number of phenols is 1. The molecule has 0 aromatic heterocycles. The molecule has 0 saturated carbocycles. The lowest BCUT2D eigenvalue weighted by Gasteiger charge is -2.38. The smallest absolute Gasteiger partial charge is 0.337 e. The van der Waals surface area contributed by atoms with E-state index in [0.717, 1.165) is 0 Å². The van der Waals surface area contributed by atoms with Crippen LogP contribution in [-0.4, -0.2) is 43.2 Å². The molecule has 4 atom stereocenters. The highest BCUT2D eigenvalue weighted by atomic mass is 16.5. The quantitative estimate of drug-likeness (QED) is 0.494. The first kappa shape index (κ1) is 24.4. The molecule has 178 valence electrons. The Morgan fingerprint density at radius 2 is 1.97 bits per heavy atom. The van der Waals surface area contributed by atoms with Gasteiger partial charge in [-0.1, -0.05) is 19.9 Å². The minimum atomic E-state index is -0.970. The summed E-state index contributed by atoms with van der Waals surface area (Å²) in [5.41, 5.74) is 2.43. The van der Waals surface area contributed by atoms with E-state index in [2.05, 4.69) is 5.32 Å². The minimum absolute atomic E-state index is 0.0650. The number of carbonyl (C=O) groups excluding carboxylic acids is 3. The summed E-state index contributed by atoms with van der Waals surface area (Å²) in [4.78, 5) is 39.4. The molecule has 8 nitrogen and oxygen atoms in total. The van der Waals surface area contributed by atoms with Crippen molar-refractivity contribution in [3.63, 3.8) is 0 Å². The SMILES string of the molecule is CC[C@@H](C)OC(=O)C1=C(C)NC2=C(C(=O)[C@@H](C(=O)OC)[C@@H](C)C2)[C@H]1c1ccc(O)c(OC)c1. The standard InChI is InChI=1S/C25H31NO7/c1-7-13(3)33-25(30)20-14(4)26-16-10-12(2)19(24(29)32-6)23(28)22(16)21(20)15-8-9-17(27)18(11-15)31-5/h8-9,11-13,19,21,26-27H,7,10H2,1-6H3/t12-,13+,19-,21-/m0/s1. The molecule has 1 aliphatic heterocycles. The van der Waals surface area contributed by atoms with E-state index in [1.165, 1.54) is 20.3 Å². The van der Waals surface area contributed by atoms with Crippen molar-refractivity contribution in [3.05, 3.63) is 46.3 Å². The monoisotopic (exact) mass is 457 g/mol. The van der Waals surface area contributed by atoms with Gasteiger partial charge in [0.1, 0.15) is 5.92 Å². The first-order chi connectivity index (χ1) is 15.6. The topological polar surface area (TPSA) is 111 Å². The van der Waals surface area contributed by atoms with Gasteiger partial charge in [-0.15, -0.1) is 0 Å². The van der Waals surface area contributed by atoms with E-state index in [4.69, 9.17) is 14.2 Å². The molecule has 0 bridgehead atoms. The summed E-state index contributed by atoms with van der Waals surface area (Å²) in [6.45, 7) is 7.31. The molecule has 2 aliphatic rings. The lowest BCUT2D eigenvalue weighted by Crippen LogP contribution is -2.43. The summed E-state index contributed by atoms with van der Waals surface area (Å²) in [6, 6.07) is 4.69. The summed E-state index contributed by atoms with van der Waals surface area (Å²) in [5.74, 6) is -3.42. The lowest BCUT2D eigenvalue weighted by atomic mass is 9.69. The molecule has 1 aromatic carbocycles. The van der Waals surface area contributed by atoms with Crippen LogP contribution in [0.4, 0.5) is 0 Å². The number of carbonyl (C=O) groups is 3. The van der Waals surface area contributed by atoms with E-state index in [9.17, 15) is 19.5 Å². The number of rotatable bonds is 6. The third-order valence-corrected chi connectivity index (χ3v) is 6.38. The molecule has 1 heterocycles. The van der Waals surface area contributed by atoms with Gasteiger partial charge in [0.25, 0.3) is 0 Å². The van der Waals surface area contributed by atoms with Crippen LogP contribution in [0, 0.1) is 11.8 Å². The number of benzene rings is 1. The molecule has 1 aliphatic carbocycles. The third-order valence-electron chi connectivity index (χ3n) is 6.38. The van der Waals surface area contributed by atoms with Crippen molar-refractivity contribution in [1.82, 2.24) is 5.32 Å². The van der Waals surface area contributed by atoms with Crippen LogP contribution in [0.15, 0.2) is 40.7 Å². The fourth-order valence-electron chi connectivity index (χ4n) is 4.49. The second-order valence-electron chi connectivity index (χ2n) is 8.59. The Bertz CT molecular complexity index is 1040. The van der Waals surface area contributed by atoms with E-state index in [1.54, 1.807) is 26.0 Å². The molecular weight excluding hydrogens is 426 g/mol. The summed E-state index contributed by atoms with van der Waals surface area (Å²) in [6.07, 6.45) is 0.767. The van der Waals surface area contributed by atoms with Crippen LogP contribution in [0.1, 0.15) is 52.0 Å². The van der Waals surface area contributed by atoms with Crippen molar-refractivity contribution in [2.45, 2.75) is 52.6 Å². The van der Waals surface area contributed by atoms with E-state index in [1.807, 2.05) is 13.8 Å². The number of phenolic OH excluding ortho intramolecular Hbond substituents is 1. The molecule has 1 aromatic rings. The highest BCUT2D eigenvalue weighted by Gasteiger charge is 2.47. The Morgan fingerprint density at radius 1 is 1.27 bits per heavy atom. The zero-order chi connectivity index (χ0) is 24.4. The Kier molecular flexibility index (Phi) is 7.15. The highest BCUT2D eigenvalue weighted by Crippen LogP contribution is 2.46. The van der Waals surface area contributed by atoms with E-state index >= 15 is 0 Å². The first-order valence-electron chi connectivity index (χ1n) is 11.0. The Balaban J connectivity index is 2.20. The molecular formula is C25H31NO7. The number of allylic oxidation sites excluding steroid dienone is 3. The Morgan fingerprint density at radius 3 is 2.58 bits per heavy atom. The number of Topliss-reactive ketones (excluding diaryl/α,β-unsaturated/α-hetero) is 1. The fraction of sp³-hybridized carbons (Fsp3) is 0.480. The first-order valence-corrected chi connectivity index (χ1v) is 11.0. The summed E-state index contributed by atoms with van der Waals surface area (Å²) in [7, 11) is 2.68. The molecule has 3 rings (SSSR count). The second kappa shape index (κ2) is 9.68. The predicted octanol–water partition coefficient (Wildman–Crippen LogP) is 3.36. The van der Waals surface area contributed by atoms with Crippen molar-refractivity contribution in [3.8, 4) is 11.5 Å². The summed E-state index contributed by atoms with van der Waals surface area (Å²) < 4.78 is 15.8. The largest absolute Gasteiger partial charge is 0.504 e. The predicted molar refractivity (Wildman–Crippen MR) is 120 cm³/mol. The van der Waals surface area contributed by atoms with Crippen molar-refractivity contribution >= 4 is 17.7 Å². The maximum absolute atomic E-state index is 13.7. The van der Waals surface area contributed by atoms with Gasteiger partial charge in [0.15, 0.2) is 17.3 Å². The number of esters is 2. The number of aromatic hydroxyl groups is 1. The van der Waals surface area contributed by atoms with E-state index < -0.39 is 23.8 Å². The minimum Gasteiger partial charge on any atom is -0.504 e. The zero-order valence-electron chi connectivity index (χ0n) is 19.9. The van der Waals surface area contributed by atoms with Crippen LogP contribution in [0.5, 0.6) is 11.5 Å². The molecule has 0 amide bonds. The number of ketones is 1. The molecule has 0 spiro atoms. The second-order valence-corrected chi connectivity index (χ2v) is 8.59. The normalized spacial score (nSPS) is 23.5.